The first-order valence-electron chi connectivity index (χ1n) is 12.0. The van der Waals surface area contributed by atoms with Crippen LogP contribution in [0.2, 0.25) is 0 Å². The Labute approximate surface area is 209 Å². The Bertz CT molecular complexity index is 1240. The van der Waals surface area contributed by atoms with Crippen molar-refractivity contribution in [1.29, 1.82) is 5.26 Å². The molecule has 3 aliphatic rings. The standard InChI is InChI=1S/C27H28N4O3S/c1-34-19-4-2-3-18(13-19)21-14-22(21)26(33)30-27-23(15-28)20-9-12-31(16-24(20)35-27)25(32)6-5-17-7-10-29-11-8-17/h4,7-8,10-11,13,21-22H,2-3,5-6,9,12,14,16H2,1H3,(H,30,33). The van der Waals surface area contributed by atoms with Gasteiger partial charge in [0.25, 0.3) is 0 Å². The van der Waals surface area contributed by atoms with E-state index in [1.807, 2.05) is 17.0 Å². The van der Waals surface area contributed by atoms with Gasteiger partial charge in [-0.15, -0.1) is 11.3 Å². The number of carbonyl (C=O) groups excluding carboxylic acids is 2. The van der Waals surface area contributed by atoms with Crippen molar-refractivity contribution in [3.63, 3.8) is 0 Å². The predicted molar refractivity (Wildman–Crippen MR) is 133 cm³/mol. The molecule has 1 saturated carbocycles. The number of hydrogen-bond donors (Lipinski definition) is 1. The summed E-state index contributed by atoms with van der Waals surface area (Å²) >= 11 is 1.44. The van der Waals surface area contributed by atoms with Crippen LogP contribution < -0.4 is 5.32 Å². The minimum atomic E-state index is -0.0608. The van der Waals surface area contributed by atoms with Crippen LogP contribution in [0.15, 0.2) is 48.0 Å². The highest BCUT2D eigenvalue weighted by Crippen LogP contribution is 2.48. The Balaban J connectivity index is 1.22. The summed E-state index contributed by atoms with van der Waals surface area (Å²) < 4.78 is 5.35. The van der Waals surface area contributed by atoms with E-state index < -0.39 is 0 Å². The van der Waals surface area contributed by atoms with Crippen LogP contribution in [0.4, 0.5) is 5.00 Å². The zero-order valence-corrected chi connectivity index (χ0v) is 20.6. The number of allylic oxidation sites excluding steroid dienone is 3. The van der Waals surface area contributed by atoms with Crippen molar-refractivity contribution in [3.8, 4) is 6.07 Å². The second-order valence-electron chi connectivity index (χ2n) is 9.25. The van der Waals surface area contributed by atoms with Crippen molar-refractivity contribution in [2.45, 2.75) is 45.1 Å². The van der Waals surface area contributed by atoms with Crippen LogP contribution in [-0.2, 0) is 33.7 Å². The van der Waals surface area contributed by atoms with E-state index in [9.17, 15) is 14.9 Å². The van der Waals surface area contributed by atoms with E-state index in [1.165, 1.54) is 16.9 Å². The van der Waals surface area contributed by atoms with Crippen molar-refractivity contribution in [2.24, 2.45) is 11.8 Å². The summed E-state index contributed by atoms with van der Waals surface area (Å²) in [5.41, 5.74) is 3.90. The number of thiophene rings is 1. The highest BCUT2D eigenvalue weighted by Gasteiger charge is 2.45. The number of hydrogen-bond acceptors (Lipinski definition) is 6. The molecule has 2 atom stereocenters. The SMILES string of the molecule is COC1=CCCC(C2CC2C(=O)Nc2sc3c(c2C#N)CCN(C(=O)CCc2ccncc2)C3)=C1. The van der Waals surface area contributed by atoms with Crippen molar-refractivity contribution < 1.29 is 14.3 Å². The molecule has 0 aromatic carbocycles. The molecule has 1 fully saturated rings. The Kier molecular flexibility index (Phi) is 6.69. The third-order valence-corrected chi connectivity index (χ3v) is 8.21. The molecular formula is C27H28N4O3S. The predicted octanol–water partition coefficient (Wildman–Crippen LogP) is 4.36. The van der Waals surface area contributed by atoms with Crippen molar-refractivity contribution in [3.05, 3.63) is 69.6 Å². The first-order valence-corrected chi connectivity index (χ1v) is 12.9. The van der Waals surface area contributed by atoms with E-state index >= 15 is 0 Å². The van der Waals surface area contributed by atoms with Gasteiger partial charge in [0.1, 0.15) is 16.8 Å². The molecule has 2 unspecified atom stereocenters. The summed E-state index contributed by atoms with van der Waals surface area (Å²) in [6, 6.07) is 6.15. The van der Waals surface area contributed by atoms with Crippen LogP contribution in [-0.4, -0.2) is 35.4 Å². The van der Waals surface area contributed by atoms with Crippen molar-refractivity contribution >= 4 is 28.2 Å². The number of nitriles is 1. The third-order valence-electron chi connectivity index (χ3n) is 7.08. The second kappa shape index (κ2) is 10.0. The molecule has 1 N–H and O–H groups in total. The lowest BCUT2D eigenvalue weighted by molar-refractivity contribution is -0.132. The normalized spacial score (nSPS) is 20.7. The molecular weight excluding hydrogens is 460 g/mol. The molecule has 2 aromatic rings. The number of fused-ring (bicyclic) bond motifs is 1. The monoisotopic (exact) mass is 488 g/mol. The van der Waals surface area contributed by atoms with E-state index in [0.717, 1.165) is 41.0 Å². The fourth-order valence-corrected chi connectivity index (χ4v) is 6.23. The van der Waals surface area contributed by atoms with Gasteiger partial charge in [0.05, 0.1) is 19.2 Å². The Morgan fingerprint density at radius 3 is 2.91 bits per heavy atom. The number of nitrogens with one attached hydrogen (secondary N) is 1. The lowest BCUT2D eigenvalue weighted by Crippen LogP contribution is -2.35. The van der Waals surface area contributed by atoms with Gasteiger partial charge in [0, 0.05) is 36.2 Å². The fraction of sp³-hybridized carbons (Fsp3) is 0.407. The van der Waals surface area contributed by atoms with Gasteiger partial charge in [-0.25, -0.2) is 0 Å². The summed E-state index contributed by atoms with van der Waals surface area (Å²) in [6.45, 7) is 1.08. The summed E-state index contributed by atoms with van der Waals surface area (Å²) in [5, 5.41) is 13.5. The molecule has 5 rings (SSSR count). The van der Waals surface area contributed by atoms with Crippen LogP contribution in [0.25, 0.3) is 0 Å². The molecule has 2 amide bonds. The third kappa shape index (κ3) is 5.01. The van der Waals surface area contributed by atoms with Crippen LogP contribution in [0.5, 0.6) is 0 Å². The van der Waals surface area contributed by atoms with Crippen LogP contribution in [0.1, 0.15) is 47.3 Å². The Morgan fingerprint density at radius 1 is 1.31 bits per heavy atom. The number of rotatable bonds is 7. The zero-order valence-electron chi connectivity index (χ0n) is 19.8. The number of pyridine rings is 1. The number of nitrogens with zero attached hydrogens (tertiary/aromatic N) is 3. The van der Waals surface area contributed by atoms with Gasteiger partial charge < -0.3 is 15.0 Å². The summed E-state index contributed by atoms with van der Waals surface area (Å²) in [7, 11) is 1.67. The summed E-state index contributed by atoms with van der Waals surface area (Å²) in [5.74, 6) is 1.15. The molecule has 0 saturated heterocycles. The number of aromatic nitrogens is 1. The topological polar surface area (TPSA) is 95.3 Å². The number of amides is 2. The molecule has 0 bridgehead atoms. The maximum atomic E-state index is 13.0. The Hall–Kier alpha value is -3.44. The quantitative estimate of drug-likeness (QED) is 0.625. The lowest BCUT2D eigenvalue weighted by Gasteiger charge is -2.27. The number of methoxy groups -OCH3 is 1. The van der Waals surface area contributed by atoms with Gasteiger partial charge in [-0.2, -0.15) is 5.26 Å². The smallest absolute Gasteiger partial charge is 0.228 e. The number of anilines is 1. The fourth-order valence-electron chi connectivity index (χ4n) is 5.01. The lowest BCUT2D eigenvalue weighted by atomic mass is 9.98. The minimum absolute atomic E-state index is 0.0233. The minimum Gasteiger partial charge on any atom is -0.497 e. The largest absolute Gasteiger partial charge is 0.497 e. The van der Waals surface area contributed by atoms with Gasteiger partial charge >= 0.3 is 0 Å². The maximum absolute atomic E-state index is 13.0. The molecule has 1 aliphatic heterocycles. The van der Waals surface area contributed by atoms with Gasteiger partial charge in [-0.3, -0.25) is 14.6 Å². The van der Waals surface area contributed by atoms with Crippen LogP contribution in [0, 0.1) is 23.2 Å². The van der Waals surface area contributed by atoms with E-state index in [-0.39, 0.29) is 23.7 Å². The zero-order chi connectivity index (χ0) is 24.4. The molecule has 8 heteroatoms. The molecule has 2 aromatic heterocycles. The van der Waals surface area contributed by atoms with Gasteiger partial charge in [-0.1, -0.05) is 5.57 Å². The summed E-state index contributed by atoms with van der Waals surface area (Å²) in [6.07, 6.45) is 12.1. The molecule has 0 radical (unpaired) electrons. The van der Waals surface area contributed by atoms with E-state index in [2.05, 4.69) is 28.5 Å². The summed E-state index contributed by atoms with van der Waals surface area (Å²) in [4.78, 5) is 32.7. The molecule has 3 heterocycles. The average Bonchev–Trinajstić information content (AvgIpc) is 3.63. The molecule has 0 spiro atoms. The average molecular weight is 489 g/mol. The van der Waals surface area contributed by atoms with Crippen molar-refractivity contribution in [1.82, 2.24) is 9.88 Å². The molecule has 7 nitrogen and oxygen atoms in total. The number of carbonyl (C=O) groups is 2. The number of ether oxygens (including phenoxy) is 1. The van der Waals surface area contributed by atoms with Crippen molar-refractivity contribution in [2.75, 3.05) is 19.0 Å². The first-order chi connectivity index (χ1) is 17.1. The van der Waals surface area contributed by atoms with E-state index in [1.54, 1.807) is 19.5 Å². The van der Waals surface area contributed by atoms with E-state index in [4.69, 9.17) is 4.74 Å². The Morgan fingerprint density at radius 2 is 2.14 bits per heavy atom. The van der Waals surface area contributed by atoms with Gasteiger partial charge in [0.2, 0.25) is 11.8 Å². The highest BCUT2D eigenvalue weighted by atomic mass is 32.1. The maximum Gasteiger partial charge on any atom is 0.228 e. The highest BCUT2D eigenvalue weighted by molar-refractivity contribution is 7.16. The first kappa shape index (κ1) is 23.3. The van der Waals surface area contributed by atoms with Gasteiger partial charge in [0.15, 0.2) is 0 Å². The van der Waals surface area contributed by atoms with Crippen LogP contribution in [0.3, 0.4) is 0 Å². The van der Waals surface area contributed by atoms with Crippen LogP contribution >= 0.6 is 11.3 Å². The van der Waals surface area contributed by atoms with Gasteiger partial charge in [-0.05, 0) is 73.4 Å². The second-order valence-corrected chi connectivity index (χ2v) is 10.4. The number of aryl methyl sites for hydroxylation is 1. The molecule has 2 aliphatic carbocycles. The molecule has 180 valence electrons. The van der Waals surface area contributed by atoms with E-state index in [0.29, 0.717) is 42.9 Å². The molecule has 35 heavy (non-hydrogen) atoms.